The quantitative estimate of drug-likeness (QED) is 0.615. The van der Waals surface area contributed by atoms with E-state index >= 15 is 0 Å². The molecule has 0 aromatic heterocycles. The maximum absolute atomic E-state index is 12.1. The highest BCUT2D eigenvalue weighted by molar-refractivity contribution is 7.80. The van der Waals surface area contributed by atoms with Gasteiger partial charge in [-0.15, -0.1) is 0 Å². The Labute approximate surface area is 161 Å². The molecule has 4 fully saturated rings. The van der Waals surface area contributed by atoms with E-state index in [0.717, 1.165) is 23.3 Å². The lowest BCUT2D eigenvalue weighted by molar-refractivity contribution is -0.115. The van der Waals surface area contributed by atoms with Crippen molar-refractivity contribution < 1.29 is 4.79 Å². The van der Waals surface area contributed by atoms with Crippen molar-refractivity contribution in [2.75, 3.05) is 0 Å². The van der Waals surface area contributed by atoms with Gasteiger partial charge in [0.25, 0.3) is 0 Å². The van der Waals surface area contributed by atoms with Crippen molar-refractivity contribution in [3.8, 4) is 0 Å². The Bertz CT molecular complexity index is 677. The molecule has 4 saturated carbocycles. The van der Waals surface area contributed by atoms with E-state index in [0.29, 0.717) is 16.6 Å². The summed E-state index contributed by atoms with van der Waals surface area (Å²) >= 11 is 5.42. The van der Waals surface area contributed by atoms with Crippen LogP contribution in [0.25, 0.3) is 6.08 Å². The van der Waals surface area contributed by atoms with Crippen LogP contribution in [0.15, 0.2) is 36.4 Å². The molecule has 4 aliphatic rings. The first-order valence-electron chi connectivity index (χ1n) is 9.87. The zero-order valence-corrected chi connectivity index (χ0v) is 16.2. The topological polar surface area (TPSA) is 41.1 Å². The van der Waals surface area contributed by atoms with E-state index in [2.05, 4.69) is 17.6 Å². The molecule has 4 bridgehead atoms. The van der Waals surface area contributed by atoms with Gasteiger partial charge in [-0.25, -0.2) is 0 Å². The van der Waals surface area contributed by atoms with E-state index in [1.165, 1.54) is 38.5 Å². The summed E-state index contributed by atoms with van der Waals surface area (Å²) in [7, 11) is 0. The van der Waals surface area contributed by atoms with E-state index in [9.17, 15) is 4.79 Å². The monoisotopic (exact) mass is 368 g/mol. The Balaban J connectivity index is 1.32. The van der Waals surface area contributed by atoms with Crippen LogP contribution in [0, 0.1) is 23.2 Å². The van der Waals surface area contributed by atoms with Crippen molar-refractivity contribution in [2.24, 2.45) is 23.2 Å². The fourth-order valence-corrected chi connectivity index (χ4v) is 6.26. The summed E-state index contributed by atoms with van der Waals surface area (Å²) in [5.74, 6) is 2.58. The van der Waals surface area contributed by atoms with Gasteiger partial charge in [-0.3, -0.25) is 10.1 Å². The molecule has 0 saturated heterocycles. The molecule has 2 N–H and O–H groups in total. The molecule has 1 amide bonds. The third kappa shape index (κ3) is 3.71. The molecule has 5 rings (SSSR count). The van der Waals surface area contributed by atoms with E-state index in [4.69, 9.17) is 12.2 Å². The Kier molecular flexibility index (Phi) is 4.87. The molecule has 3 nitrogen and oxygen atoms in total. The van der Waals surface area contributed by atoms with E-state index < -0.39 is 0 Å². The summed E-state index contributed by atoms with van der Waals surface area (Å²) < 4.78 is 0. The zero-order valence-electron chi connectivity index (χ0n) is 15.4. The van der Waals surface area contributed by atoms with Crippen molar-refractivity contribution in [1.82, 2.24) is 10.6 Å². The Morgan fingerprint density at radius 1 is 1.12 bits per heavy atom. The van der Waals surface area contributed by atoms with E-state index in [-0.39, 0.29) is 5.91 Å². The molecular formula is C22H28N2OS. The predicted octanol–water partition coefficient (Wildman–Crippen LogP) is 4.30. The molecule has 1 aromatic carbocycles. The average Bonchev–Trinajstić information content (AvgIpc) is 2.59. The van der Waals surface area contributed by atoms with Gasteiger partial charge in [0.1, 0.15) is 0 Å². The van der Waals surface area contributed by atoms with Gasteiger partial charge in [-0.1, -0.05) is 30.3 Å². The minimum Gasteiger partial charge on any atom is -0.359 e. The average molecular weight is 369 g/mol. The largest absolute Gasteiger partial charge is 0.359 e. The first-order valence-corrected chi connectivity index (χ1v) is 10.3. The van der Waals surface area contributed by atoms with E-state index in [1.54, 1.807) is 12.2 Å². The molecule has 0 radical (unpaired) electrons. The van der Waals surface area contributed by atoms with Crippen molar-refractivity contribution >= 4 is 29.3 Å². The Morgan fingerprint density at radius 2 is 1.69 bits per heavy atom. The molecule has 138 valence electrons. The fourth-order valence-electron chi connectivity index (χ4n) is 5.98. The van der Waals surface area contributed by atoms with Crippen molar-refractivity contribution in [1.29, 1.82) is 0 Å². The lowest BCUT2D eigenvalue weighted by Crippen LogP contribution is -2.57. The summed E-state index contributed by atoms with van der Waals surface area (Å²) in [6.07, 6.45) is 11.7. The van der Waals surface area contributed by atoms with Gasteiger partial charge in [0.15, 0.2) is 5.11 Å². The summed E-state index contributed by atoms with van der Waals surface area (Å²) in [6.45, 7) is 2.26. The molecular weight excluding hydrogens is 340 g/mol. The van der Waals surface area contributed by atoms with Gasteiger partial charge in [-0.05, 0) is 92.5 Å². The highest BCUT2D eigenvalue weighted by Crippen LogP contribution is 2.61. The highest BCUT2D eigenvalue weighted by Gasteiger charge is 2.53. The standard InChI is InChI=1S/C22H28N2OS/c1-15(22-12-17-9-18(13-22)11-19(10-17)14-22)23-21(26)24-20(25)8-7-16-5-3-2-4-6-16/h2-8,15,17-19H,9-14H2,1H3,(H2,23,24,25,26)/b8-7+/t15-,17?,18?,19?,22?/m0/s1. The number of amides is 1. The molecule has 0 aliphatic heterocycles. The smallest absolute Gasteiger partial charge is 0.250 e. The van der Waals surface area contributed by atoms with Crippen LogP contribution in [0.3, 0.4) is 0 Å². The minimum absolute atomic E-state index is 0.177. The molecule has 1 aromatic rings. The molecule has 4 heteroatoms. The van der Waals surface area contributed by atoms with Crippen LogP contribution in [0.2, 0.25) is 0 Å². The third-order valence-electron chi connectivity index (χ3n) is 6.82. The van der Waals surface area contributed by atoms with Gasteiger partial charge in [0.2, 0.25) is 5.91 Å². The number of hydrogen-bond acceptors (Lipinski definition) is 2. The fraction of sp³-hybridized carbons (Fsp3) is 0.545. The number of carbonyl (C=O) groups excluding carboxylic acids is 1. The highest BCUT2D eigenvalue weighted by atomic mass is 32.1. The first-order chi connectivity index (χ1) is 12.5. The van der Waals surface area contributed by atoms with Crippen LogP contribution in [0.5, 0.6) is 0 Å². The van der Waals surface area contributed by atoms with Crippen LogP contribution in [-0.4, -0.2) is 17.1 Å². The van der Waals surface area contributed by atoms with Crippen LogP contribution in [0.4, 0.5) is 0 Å². The number of nitrogens with one attached hydrogen (secondary N) is 2. The van der Waals surface area contributed by atoms with Crippen LogP contribution < -0.4 is 10.6 Å². The maximum atomic E-state index is 12.1. The summed E-state index contributed by atoms with van der Waals surface area (Å²) in [5, 5.41) is 6.69. The second kappa shape index (κ2) is 7.15. The van der Waals surface area contributed by atoms with E-state index in [1.807, 2.05) is 30.3 Å². The normalized spacial score (nSPS) is 33.2. The second-order valence-electron chi connectivity index (χ2n) is 8.71. The molecule has 4 aliphatic carbocycles. The van der Waals surface area contributed by atoms with Crippen LogP contribution in [-0.2, 0) is 4.79 Å². The maximum Gasteiger partial charge on any atom is 0.250 e. The lowest BCUT2D eigenvalue weighted by atomic mass is 9.48. The first kappa shape index (κ1) is 17.7. The molecule has 0 spiro atoms. The van der Waals surface area contributed by atoms with Crippen molar-refractivity contribution in [3.05, 3.63) is 42.0 Å². The number of rotatable bonds is 4. The lowest BCUT2D eigenvalue weighted by Gasteiger charge is -2.59. The van der Waals surface area contributed by atoms with Gasteiger partial charge >= 0.3 is 0 Å². The van der Waals surface area contributed by atoms with Gasteiger partial charge in [0, 0.05) is 12.1 Å². The Morgan fingerprint density at radius 3 is 2.27 bits per heavy atom. The molecule has 0 unspecified atom stereocenters. The third-order valence-corrected chi connectivity index (χ3v) is 7.04. The molecule has 26 heavy (non-hydrogen) atoms. The summed E-state index contributed by atoms with van der Waals surface area (Å²) in [5.41, 5.74) is 1.38. The SMILES string of the molecule is C[C@H](NC(=S)NC(=O)/C=C/c1ccccc1)C12CC3CC(CC(C3)C1)C2. The van der Waals surface area contributed by atoms with Crippen LogP contribution in [0.1, 0.15) is 51.0 Å². The molecule has 0 heterocycles. The minimum atomic E-state index is -0.177. The predicted molar refractivity (Wildman–Crippen MR) is 109 cm³/mol. The second-order valence-corrected chi connectivity index (χ2v) is 9.12. The van der Waals surface area contributed by atoms with Gasteiger partial charge in [0.05, 0.1) is 0 Å². The number of hydrogen-bond donors (Lipinski definition) is 2. The van der Waals surface area contributed by atoms with Gasteiger partial charge in [-0.2, -0.15) is 0 Å². The number of thiocarbonyl (C=S) groups is 1. The van der Waals surface area contributed by atoms with Gasteiger partial charge < -0.3 is 5.32 Å². The number of carbonyl (C=O) groups is 1. The Hall–Kier alpha value is -1.68. The summed E-state index contributed by atoms with van der Waals surface area (Å²) in [6, 6.07) is 10.1. The zero-order chi connectivity index (χ0) is 18.1. The number of benzene rings is 1. The summed E-state index contributed by atoms with van der Waals surface area (Å²) in [4.78, 5) is 12.1. The van der Waals surface area contributed by atoms with Crippen LogP contribution >= 0.6 is 12.2 Å². The molecule has 1 atom stereocenters. The van der Waals surface area contributed by atoms with Crippen molar-refractivity contribution in [2.45, 2.75) is 51.5 Å². The van der Waals surface area contributed by atoms with Crippen molar-refractivity contribution in [3.63, 3.8) is 0 Å².